The second-order valence-electron chi connectivity index (χ2n) is 7.65. The van der Waals surface area contributed by atoms with Gasteiger partial charge in [0.15, 0.2) is 0 Å². The highest BCUT2D eigenvalue weighted by Crippen LogP contribution is 2.32. The van der Waals surface area contributed by atoms with Gasteiger partial charge in [-0.1, -0.05) is 53.2 Å². The van der Waals surface area contributed by atoms with E-state index in [0.717, 1.165) is 6.42 Å². The number of amides is 1. The molecule has 1 aliphatic heterocycles. The van der Waals surface area contributed by atoms with Crippen LogP contribution in [0.25, 0.3) is 0 Å². The third-order valence-corrected chi connectivity index (χ3v) is 3.84. The van der Waals surface area contributed by atoms with Crippen molar-refractivity contribution in [3.05, 3.63) is 11.6 Å². The second kappa shape index (κ2) is 5.58. The number of hydrogen-bond acceptors (Lipinski definition) is 2. The van der Waals surface area contributed by atoms with Gasteiger partial charge in [0.1, 0.15) is 5.92 Å². The molecule has 0 spiro atoms. The first-order valence-corrected chi connectivity index (χ1v) is 7.15. The molecule has 1 N–H and O–H groups in total. The molecule has 0 fully saturated rings. The average Bonchev–Trinajstić information content (AvgIpc) is 2.25. The van der Waals surface area contributed by atoms with E-state index in [1.54, 1.807) is 25.7 Å². The fourth-order valence-electron chi connectivity index (χ4n) is 2.58. The van der Waals surface area contributed by atoms with Crippen LogP contribution in [-0.2, 0) is 9.59 Å². The lowest BCUT2D eigenvalue weighted by Gasteiger charge is -2.36. The quantitative estimate of drug-likeness (QED) is 0.625. The minimum Gasteiger partial charge on any atom is -0.481 e. The Labute approximate surface area is 121 Å². The maximum absolute atomic E-state index is 12.5. The minimum atomic E-state index is -1.03. The Morgan fingerprint density at radius 3 is 2.05 bits per heavy atom. The van der Waals surface area contributed by atoms with E-state index >= 15 is 0 Å². The molecule has 1 unspecified atom stereocenters. The van der Waals surface area contributed by atoms with Gasteiger partial charge < -0.3 is 10.0 Å². The first-order chi connectivity index (χ1) is 8.94. The number of carbonyl (C=O) groups excluding carboxylic acids is 1. The Morgan fingerprint density at radius 2 is 1.75 bits per heavy atom. The van der Waals surface area contributed by atoms with Crippen LogP contribution in [0.1, 0.15) is 48.0 Å². The molecule has 0 aromatic carbocycles. The summed E-state index contributed by atoms with van der Waals surface area (Å²) < 4.78 is 0. The number of carboxylic acid groups (broad SMARTS) is 1. The predicted molar refractivity (Wildman–Crippen MR) is 79.3 cm³/mol. The van der Waals surface area contributed by atoms with Crippen LogP contribution < -0.4 is 0 Å². The molecule has 0 bridgehead atoms. The van der Waals surface area contributed by atoms with Gasteiger partial charge in [-0.25, -0.2) is 0 Å². The molecule has 1 heterocycles. The van der Waals surface area contributed by atoms with Gasteiger partial charge in [-0.15, -0.1) is 0 Å². The van der Waals surface area contributed by atoms with Crippen molar-refractivity contribution in [3.63, 3.8) is 0 Å². The van der Waals surface area contributed by atoms with Gasteiger partial charge in [0, 0.05) is 13.1 Å². The van der Waals surface area contributed by atoms with Crippen LogP contribution in [0.4, 0.5) is 0 Å². The van der Waals surface area contributed by atoms with Gasteiger partial charge >= 0.3 is 5.97 Å². The summed E-state index contributed by atoms with van der Waals surface area (Å²) in [7, 11) is 0. The number of nitrogens with zero attached hydrogens (tertiary/aromatic N) is 1. The summed E-state index contributed by atoms with van der Waals surface area (Å²) >= 11 is 0. The molecule has 4 nitrogen and oxygen atoms in total. The first kappa shape index (κ1) is 16.7. The Kier molecular flexibility index (Phi) is 4.67. The molecule has 4 heteroatoms. The molecule has 1 rings (SSSR count). The fourth-order valence-corrected chi connectivity index (χ4v) is 2.58. The van der Waals surface area contributed by atoms with Crippen LogP contribution in [0.15, 0.2) is 11.6 Å². The molecular formula is C16H27NO3. The zero-order valence-corrected chi connectivity index (χ0v) is 13.5. The Hall–Kier alpha value is -1.32. The van der Waals surface area contributed by atoms with Crippen LogP contribution in [0.5, 0.6) is 0 Å². The lowest BCUT2D eigenvalue weighted by atomic mass is 9.79. The molecule has 0 aromatic heterocycles. The molecule has 0 aromatic rings. The highest BCUT2D eigenvalue weighted by atomic mass is 16.4. The van der Waals surface area contributed by atoms with Crippen LogP contribution >= 0.6 is 0 Å². The number of hydrogen-bond donors (Lipinski definition) is 1. The normalized spacial score (nSPS) is 18.5. The van der Waals surface area contributed by atoms with Crippen molar-refractivity contribution in [3.8, 4) is 0 Å². The number of rotatable bonds is 2. The lowest BCUT2D eigenvalue weighted by molar-refractivity contribution is -0.156. The van der Waals surface area contributed by atoms with Crippen LogP contribution in [0, 0.1) is 16.7 Å². The molecular weight excluding hydrogens is 254 g/mol. The molecule has 20 heavy (non-hydrogen) atoms. The van der Waals surface area contributed by atoms with Crippen LogP contribution in [0.2, 0.25) is 0 Å². The summed E-state index contributed by atoms with van der Waals surface area (Å²) in [6.07, 6.45) is 2.90. The van der Waals surface area contributed by atoms with Crippen molar-refractivity contribution in [1.29, 1.82) is 0 Å². The SMILES string of the molecule is CC(C)(C)C1=CCN(C(=O)C(C(=O)O)C(C)(C)C)CC1. The average molecular weight is 281 g/mol. The van der Waals surface area contributed by atoms with Gasteiger partial charge in [-0.3, -0.25) is 9.59 Å². The van der Waals surface area contributed by atoms with E-state index in [1.807, 2.05) is 0 Å². The predicted octanol–water partition coefficient (Wildman–Crippen LogP) is 2.94. The number of aliphatic carboxylic acids is 1. The van der Waals surface area contributed by atoms with Crippen molar-refractivity contribution in [1.82, 2.24) is 4.90 Å². The largest absolute Gasteiger partial charge is 0.481 e. The van der Waals surface area contributed by atoms with Crippen molar-refractivity contribution < 1.29 is 14.7 Å². The van der Waals surface area contributed by atoms with Gasteiger partial charge in [0.25, 0.3) is 0 Å². The molecule has 1 amide bonds. The van der Waals surface area contributed by atoms with Crippen molar-refractivity contribution in [2.24, 2.45) is 16.7 Å². The highest BCUT2D eigenvalue weighted by molar-refractivity contribution is 5.97. The minimum absolute atomic E-state index is 0.116. The molecule has 0 aliphatic carbocycles. The van der Waals surface area contributed by atoms with E-state index in [9.17, 15) is 14.7 Å². The fraction of sp³-hybridized carbons (Fsp3) is 0.750. The molecule has 0 saturated heterocycles. The lowest BCUT2D eigenvalue weighted by Crippen LogP contribution is -2.47. The van der Waals surface area contributed by atoms with Gasteiger partial charge in [-0.2, -0.15) is 0 Å². The zero-order chi connectivity index (χ0) is 15.7. The summed E-state index contributed by atoms with van der Waals surface area (Å²) in [6, 6.07) is 0. The number of carboxylic acids is 1. The summed E-state index contributed by atoms with van der Waals surface area (Å²) in [6.45, 7) is 13.0. The van der Waals surface area contributed by atoms with Crippen molar-refractivity contribution in [2.45, 2.75) is 48.0 Å². The monoisotopic (exact) mass is 281 g/mol. The van der Waals surface area contributed by atoms with Gasteiger partial charge in [0.05, 0.1) is 0 Å². The summed E-state index contributed by atoms with van der Waals surface area (Å²) in [5, 5.41) is 9.33. The third-order valence-electron chi connectivity index (χ3n) is 3.84. The smallest absolute Gasteiger partial charge is 0.316 e. The molecule has 1 atom stereocenters. The van der Waals surface area contributed by atoms with Gasteiger partial charge in [-0.05, 0) is 17.3 Å². The van der Waals surface area contributed by atoms with Crippen LogP contribution in [0.3, 0.4) is 0 Å². The summed E-state index contributed by atoms with van der Waals surface area (Å²) in [5.41, 5.74) is 0.881. The summed E-state index contributed by atoms with van der Waals surface area (Å²) in [4.78, 5) is 25.5. The van der Waals surface area contributed by atoms with E-state index < -0.39 is 17.3 Å². The zero-order valence-electron chi connectivity index (χ0n) is 13.5. The molecule has 0 saturated carbocycles. The molecule has 114 valence electrons. The highest BCUT2D eigenvalue weighted by Gasteiger charge is 2.40. The first-order valence-electron chi connectivity index (χ1n) is 7.15. The van der Waals surface area contributed by atoms with E-state index in [-0.39, 0.29) is 11.3 Å². The Bertz CT molecular complexity index is 424. The van der Waals surface area contributed by atoms with Crippen molar-refractivity contribution >= 4 is 11.9 Å². The second-order valence-corrected chi connectivity index (χ2v) is 7.65. The Morgan fingerprint density at radius 1 is 1.20 bits per heavy atom. The standard InChI is InChI=1S/C16H27NO3/c1-15(2,3)11-7-9-17(10-8-11)13(18)12(14(19)20)16(4,5)6/h7,12H,8-10H2,1-6H3,(H,19,20). The maximum Gasteiger partial charge on any atom is 0.316 e. The van der Waals surface area contributed by atoms with Crippen LogP contribution in [-0.4, -0.2) is 35.0 Å². The molecule has 0 radical (unpaired) electrons. The van der Waals surface area contributed by atoms with E-state index in [2.05, 4.69) is 26.8 Å². The van der Waals surface area contributed by atoms with E-state index in [0.29, 0.717) is 13.1 Å². The van der Waals surface area contributed by atoms with Gasteiger partial charge in [0.2, 0.25) is 5.91 Å². The Balaban J connectivity index is 2.86. The maximum atomic E-state index is 12.5. The van der Waals surface area contributed by atoms with E-state index in [4.69, 9.17) is 0 Å². The molecule has 1 aliphatic rings. The summed E-state index contributed by atoms with van der Waals surface area (Å²) in [5.74, 6) is -2.28. The van der Waals surface area contributed by atoms with E-state index in [1.165, 1.54) is 5.57 Å². The van der Waals surface area contributed by atoms with Crippen molar-refractivity contribution in [2.75, 3.05) is 13.1 Å². The third kappa shape index (κ3) is 3.84. The topological polar surface area (TPSA) is 57.6 Å². The number of carbonyl (C=O) groups is 2.